The molecule has 8 nitrogen and oxygen atoms in total. The number of hydrogen-bond acceptors (Lipinski definition) is 6. The van der Waals surface area contributed by atoms with E-state index in [1.807, 2.05) is 51.1 Å². The van der Waals surface area contributed by atoms with Crippen LogP contribution in [0.15, 0.2) is 65.6 Å². The second kappa shape index (κ2) is 9.22. The maximum Gasteiger partial charge on any atom is 0.240 e. The van der Waals surface area contributed by atoms with Crippen molar-refractivity contribution in [3.05, 3.63) is 66.2 Å². The molecule has 2 aliphatic rings. The number of fused-ring (bicyclic) bond motifs is 1. The van der Waals surface area contributed by atoms with E-state index in [4.69, 9.17) is 9.47 Å². The number of anilines is 1. The lowest BCUT2D eigenvalue weighted by Crippen LogP contribution is -2.36. The van der Waals surface area contributed by atoms with Crippen LogP contribution in [0.3, 0.4) is 0 Å². The van der Waals surface area contributed by atoms with Crippen molar-refractivity contribution < 1.29 is 22.7 Å². The molecule has 9 heteroatoms. The molecular formula is C27H29N3O5S. The fourth-order valence-corrected chi connectivity index (χ4v) is 5.51. The Bertz CT molecular complexity index is 1400. The predicted octanol–water partition coefficient (Wildman–Crippen LogP) is 4.47. The van der Waals surface area contributed by atoms with E-state index in [0.29, 0.717) is 23.0 Å². The standard InChI is InChI=1S/C27H29N3O5S/c1-17(2)18(3)30-36(32,33)21-10-7-19(8-11-21)22-5-4-6-25(28-22)29-26(31)27(13-14-27)20-9-12-23-24(15-20)35-16-34-23/h4-12,15,17-18,30H,13-14,16H2,1-3H3,(H,28,29,31)/t18-/m0/s1. The van der Waals surface area contributed by atoms with Crippen molar-refractivity contribution in [3.63, 3.8) is 0 Å². The highest BCUT2D eigenvalue weighted by Crippen LogP contribution is 2.51. The van der Waals surface area contributed by atoms with Crippen LogP contribution in [0.2, 0.25) is 0 Å². The summed E-state index contributed by atoms with van der Waals surface area (Å²) in [6.45, 7) is 5.97. The molecule has 0 unspecified atom stereocenters. The zero-order valence-electron chi connectivity index (χ0n) is 20.4. The van der Waals surface area contributed by atoms with Crippen molar-refractivity contribution in [1.82, 2.24) is 9.71 Å². The van der Waals surface area contributed by atoms with E-state index in [2.05, 4.69) is 15.0 Å². The summed E-state index contributed by atoms with van der Waals surface area (Å²) in [4.78, 5) is 18.0. The van der Waals surface area contributed by atoms with E-state index in [1.54, 1.807) is 30.3 Å². The Morgan fingerprint density at radius 3 is 2.39 bits per heavy atom. The Balaban J connectivity index is 1.31. The van der Waals surface area contributed by atoms with Crippen molar-refractivity contribution in [2.75, 3.05) is 12.1 Å². The molecule has 0 spiro atoms. The van der Waals surface area contributed by atoms with E-state index in [1.165, 1.54) is 0 Å². The number of aromatic nitrogens is 1. The first-order valence-corrected chi connectivity index (χ1v) is 13.5. The quantitative estimate of drug-likeness (QED) is 0.466. The minimum Gasteiger partial charge on any atom is -0.454 e. The van der Waals surface area contributed by atoms with Gasteiger partial charge in [-0.1, -0.05) is 38.1 Å². The molecule has 2 heterocycles. The van der Waals surface area contributed by atoms with Crippen LogP contribution in [-0.4, -0.2) is 32.1 Å². The molecule has 5 rings (SSSR count). The molecule has 1 aliphatic heterocycles. The lowest BCUT2D eigenvalue weighted by Gasteiger charge is -2.17. The monoisotopic (exact) mass is 507 g/mol. The molecule has 0 radical (unpaired) electrons. The largest absolute Gasteiger partial charge is 0.454 e. The molecule has 188 valence electrons. The topological polar surface area (TPSA) is 107 Å². The minimum absolute atomic E-state index is 0.113. The molecule has 1 aromatic heterocycles. The molecule has 2 N–H and O–H groups in total. The third kappa shape index (κ3) is 4.68. The second-order valence-corrected chi connectivity index (χ2v) is 11.4. The van der Waals surface area contributed by atoms with Gasteiger partial charge in [-0.15, -0.1) is 0 Å². The van der Waals surface area contributed by atoms with Crippen LogP contribution in [0.4, 0.5) is 5.82 Å². The molecule has 0 saturated heterocycles. The number of ether oxygens (including phenoxy) is 2. The number of carbonyl (C=O) groups is 1. The van der Waals surface area contributed by atoms with Gasteiger partial charge in [-0.2, -0.15) is 0 Å². The van der Waals surface area contributed by atoms with Crippen molar-refractivity contribution in [2.24, 2.45) is 5.92 Å². The van der Waals surface area contributed by atoms with E-state index in [-0.39, 0.29) is 29.6 Å². The lowest BCUT2D eigenvalue weighted by atomic mass is 9.94. The summed E-state index contributed by atoms with van der Waals surface area (Å²) in [5, 5.41) is 2.96. The lowest BCUT2D eigenvalue weighted by molar-refractivity contribution is -0.118. The van der Waals surface area contributed by atoms with E-state index in [9.17, 15) is 13.2 Å². The Labute approximate surface area is 211 Å². The number of amides is 1. The summed E-state index contributed by atoms with van der Waals surface area (Å²) in [6.07, 6.45) is 1.50. The summed E-state index contributed by atoms with van der Waals surface area (Å²) < 4.78 is 38.9. The molecule has 3 aromatic rings. The van der Waals surface area contributed by atoms with Gasteiger partial charge in [0.1, 0.15) is 5.82 Å². The van der Waals surface area contributed by atoms with Crippen LogP contribution < -0.4 is 19.5 Å². The zero-order chi connectivity index (χ0) is 25.5. The predicted molar refractivity (Wildman–Crippen MR) is 136 cm³/mol. The molecule has 1 amide bonds. The zero-order valence-corrected chi connectivity index (χ0v) is 21.3. The summed E-state index contributed by atoms with van der Waals surface area (Å²) >= 11 is 0. The Hall–Kier alpha value is -3.43. The average Bonchev–Trinajstić information content (AvgIpc) is 3.55. The fraction of sp³-hybridized carbons (Fsp3) is 0.333. The highest BCUT2D eigenvalue weighted by atomic mass is 32.2. The number of carbonyl (C=O) groups excluding carboxylic acids is 1. The van der Waals surface area contributed by atoms with E-state index in [0.717, 1.165) is 24.0 Å². The van der Waals surface area contributed by atoms with Gasteiger partial charge in [-0.05, 0) is 67.6 Å². The normalized spacial score (nSPS) is 16.6. The Morgan fingerprint density at radius 2 is 1.69 bits per heavy atom. The van der Waals surface area contributed by atoms with E-state index < -0.39 is 15.4 Å². The Morgan fingerprint density at radius 1 is 0.972 bits per heavy atom. The SMILES string of the molecule is CC(C)[C@H](C)NS(=O)(=O)c1ccc(-c2cccc(NC(=O)C3(c4ccc5c(c4)OCO5)CC3)n2)cc1. The summed E-state index contributed by atoms with van der Waals surface area (Å²) in [6, 6.07) is 17.4. The number of sulfonamides is 1. The van der Waals surface area contributed by atoms with Gasteiger partial charge in [0.2, 0.25) is 22.7 Å². The van der Waals surface area contributed by atoms with Gasteiger partial charge in [-0.3, -0.25) is 4.79 Å². The van der Waals surface area contributed by atoms with Gasteiger partial charge in [0.15, 0.2) is 11.5 Å². The molecule has 0 bridgehead atoms. The number of hydrogen-bond donors (Lipinski definition) is 2. The van der Waals surface area contributed by atoms with Crippen LogP contribution in [0.25, 0.3) is 11.3 Å². The number of nitrogens with zero attached hydrogens (tertiary/aromatic N) is 1. The van der Waals surface area contributed by atoms with Gasteiger partial charge in [0, 0.05) is 11.6 Å². The highest BCUT2D eigenvalue weighted by molar-refractivity contribution is 7.89. The molecule has 2 aromatic carbocycles. The van der Waals surface area contributed by atoms with Gasteiger partial charge in [-0.25, -0.2) is 18.1 Å². The number of benzene rings is 2. The van der Waals surface area contributed by atoms with Crippen LogP contribution in [0, 0.1) is 5.92 Å². The van der Waals surface area contributed by atoms with Gasteiger partial charge < -0.3 is 14.8 Å². The third-order valence-electron chi connectivity index (χ3n) is 6.90. The van der Waals surface area contributed by atoms with Gasteiger partial charge >= 0.3 is 0 Å². The van der Waals surface area contributed by atoms with Gasteiger partial charge in [0.05, 0.1) is 16.0 Å². The van der Waals surface area contributed by atoms with Crippen LogP contribution in [-0.2, 0) is 20.2 Å². The molecule has 1 fully saturated rings. The number of pyridine rings is 1. The van der Waals surface area contributed by atoms with E-state index >= 15 is 0 Å². The second-order valence-electron chi connectivity index (χ2n) is 9.69. The van der Waals surface area contributed by atoms with Crippen molar-refractivity contribution in [1.29, 1.82) is 0 Å². The third-order valence-corrected chi connectivity index (χ3v) is 8.48. The van der Waals surface area contributed by atoms with Crippen molar-refractivity contribution >= 4 is 21.7 Å². The first-order valence-electron chi connectivity index (χ1n) is 12.0. The van der Waals surface area contributed by atoms with Crippen LogP contribution in [0.5, 0.6) is 11.5 Å². The Kier molecular flexibility index (Phi) is 6.22. The van der Waals surface area contributed by atoms with Crippen molar-refractivity contribution in [2.45, 2.75) is 50.0 Å². The molecule has 1 aliphatic carbocycles. The smallest absolute Gasteiger partial charge is 0.240 e. The van der Waals surface area contributed by atoms with Crippen LogP contribution >= 0.6 is 0 Å². The first-order chi connectivity index (χ1) is 17.2. The molecular weight excluding hydrogens is 478 g/mol. The number of nitrogens with one attached hydrogen (secondary N) is 2. The summed E-state index contributed by atoms with van der Waals surface area (Å²) in [5.41, 5.74) is 1.68. The number of rotatable bonds is 8. The molecule has 36 heavy (non-hydrogen) atoms. The maximum absolute atomic E-state index is 13.2. The minimum atomic E-state index is -3.61. The average molecular weight is 508 g/mol. The molecule has 1 saturated carbocycles. The summed E-state index contributed by atoms with van der Waals surface area (Å²) in [5.74, 6) is 1.85. The summed E-state index contributed by atoms with van der Waals surface area (Å²) in [7, 11) is -3.61. The van der Waals surface area contributed by atoms with Gasteiger partial charge in [0.25, 0.3) is 0 Å². The first kappa shape index (κ1) is 24.3. The molecule has 1 atom stereocenters. The van der Waals surface area contributed by atoms with Crippen molar-refractivity contribution in [3.8, 4) is 22.8 Å². The van der Waals surface area contributed by atoms with Crippen LogP contribution in [0.1, 0.15) is 39.2 Å². The highest BCUT2D eigenvalue weighted by Gasteiger charge is 2.51. The fourth-order valence-electron chi connectivity index (χ4n) is 4.12. The maximum atomic E-state index is 13.2.